The Morgan fingerprint density at radius 1 is 1.40 bits per heavy atom. The zero-order valence-corrected chi connectivity index (χ0v) is 13.4. The number of hydrogen-bond acceptors (Lipinski definition) is 3. The average Bonchev–Trinajstić information content (AvgIpc) is 2.36. The zero-order valence-electron chi connectivity index (χ0n) is 12.6. The van der Waals surface area contributed by atoms with E-state index in [0.29, 0.717) is 16.8 Å². The standard InChI is InChI=1S/C14H22N2O3S/c1-6-10(2)15-14(17)12-8-7-9-13(11(12)3)16(4)20(5,18)19/h7-10H,6H2,1-5H3,(H,15,17)/t10-/m1/s1. The Kier molecular flexibility index (Phi) is 5.16. The van der Waals surface area contributed by atoms with Crippen molar-refractivity contribution in [3.05, 3.63) is 29.3 Å². The summed E-state index contributed by atoms with van der Waals surface area (Å²) in [6.45, 7) is 5.67. The second-order valence-corrected chi connectivity index (χ2v) is 6.98. The quantitative estimate of drug-likeness (QED) is 0.903. The summed E-state index contributed by atoms with van der Waals surface area (Å²) in [5.41, 5.74) is 1.67. The van der Waals surface area contributed by atoms with E-state index in [1.807, 2.05) is 13.8 Å². The molecule has 0 unspecified atom stereocenters. The van der Waals surface area contributed by atoms with Crippen molar-refractivity contribution in [1.82, 2.24) is 5.32 Å². The van der Waals surface area contributed by atoms with Crippen LogP contribution in [0.1, 0.15) is 36.2 Å². The van der Waals surface area contributed by atoms with Crippen LogP contribution < -0.4 is 9.62 Å². The highest BCUT2D eigenvalue weighted by atomic mass is 32.2. The van der Waals surface area contributed by atoms with Gasteiger partial charge in [0.25, 0.3) is 5.91 Å². The van der Waals surface area contributed by atoms with E-state index in [0.717, 1.165) is 12.7 Å². The Labute approximate surface area is 121 Å². The molecule has 1 amide bonds. The van der Waals surface area contributed by atoms with E-state index in [4.69, 9.17) is 0 Å². The van der Waals surface area contributed by atoms with Crippen molar-refractivity contribution in [2.75, 3.05) is 17.6 Å². The third-order valence-electron chi connectivity index (χ3n) is 3.38. The molecule has 0 saturated carbocycles. The molecule has 0 saturated heterocycles. The first-order valence-corrected chi connectivity index (χ1v) is 8.37. The first kappa shape index (κ1) is 16.5. The van der Waals surface area contributed by atoms with Crippen molar-refractivity contribution in [2.45, 2.75) is 33.2 Å². The topological polar surface area (TPSA) is 66.5 Å². The van der Waals surface area contributed by atoms with E-state index in [9.17, 15) is 13.2 Å². The minimum atomic E-state index is -3.35. The summed E-state index contributed by atoms with van der Waals surface area (Å²) >= 11 is 0. The summed E-state index contributed by atoms with van der Waals surface area (Å²) in [5.74, 6) is -0.180. The molecule has 0 aromatic heterocycles. The molecule has 6 heteroatoms. The highest BCUT2D eigenvalue weighted by Crippen LogP contribution is 2.24. The molecule has 1 N–H and O–H groups in total. The van der Waals surface area contributed by atoms with Crippen LogP contribution in [-0.2, 0) is 10.0 Å². The molecule has 0 fully saturated rings. The van der Waals surface area contributed by atoms with Gasteiger partial charge in [-0.3, -0.25) is 9.10 Å². The molecule has 0 spiro atoms. The number of carbonyl (C=O) groups excluding carboxylic acids is 1. The molecule has 0 bridgehead atoms. The zero-order chi connectivity index (χ0) is 15.5. The summed E-state index contributed by atoms with van der Waals surface area (Å²) in [4.78, 5) is 12.2. The van der Waals surface area contributed by atoms with Crippen LogP contribution in [0.5, 0.6) is 0 Å². The van der Waals surface area contributed by atoms with E-state index in [-0.39, 0.29) is 11.9 Å². The molecule has 1 aromatic rings. The summed E-state index contributed by atoms with van der Waals surface area (Å²) in [6.07, 6.45) is 1.98. The van der Waals surface area contributed by atoms with Crippen molar-refractivity contribution in [2.24, 2.45) is 0 Å². The lowest BCUT2D eigenvalue weighted by atomic mass is 10.1. The first-order chi connectivity index (χ1) is 9.18. The van der Waals surface area contributed by atoms with Crippen LogP contribution in [-0.4, -0.2) is 33.7 Å². The van der Waals surface area contributed by atoms with Gasteiger partial charge in [0.2, 0.25) is 10.0 Å². The fourth-order valence-corrected chi connectivity index (χ4v) is 2.35. The van der Waals surface area contributed by atoms with Crippen molar-refractivity contribution in [3.63, 3.8) is 0 Å². The van der Waals surface area contributed by atoms with Gasteiger partial charge in [0.05, 0.1) is 11.9 Å². The predicted octanol–water partition coefficient (Wildman–Crippen LogP) is 1.92. The minimum Gasteiger partial charge on any atom is -0.350 e. The number of nitrogens with zero attached hydrogens (tertiary/aromatic N) is 1. The number of hydrogen-bond donors (Lipinski definition) is 1. The number of nitrogens with one attached hydrogen (secondary N) is 1. The lowest BCUT2D eigenvalue weighted by molar-refractivity contribution is 0.0938. The van der Waals surface area contributed by atoms with Crippen molar-refractivity contribution in [1.29, 1.82) is 0 Å². The maximum absolute atomic E-state index is 12.2. The molecule has 1 atom stereocenters. The second-order valence-electron chi connectivity index (χ2n) is 4.96. The maximum Gasteiger partial charge on any atom is 0.251 e. The largest absolute Gasteiger partial charge is 0.350 e. The van der Waals surface area contributed by atoms with Crippen LogP contribution in [0.4, 0.5) is 5.69 Å². The number of amides is 1. The van der Waals surface area contributed by atoms with E-state index in [2.05, 4.69) is 5.32 Å². The Balaban J connectivity index is 3.17. The lowest BCUT2D eigenvalue weighted by Crippen LogP contribution is -2.33. The Bertz CT molecular complexity index is 596. The van der Waals surface area contributed by atoms with E-state index in [1.165, 1.54) is 11.4 Å². The number of anilines is 1. The van der Waals surface area contributed by atoms with E-state index in [1.54, 1.807) is 25.1 Å². The SMILES string of the molecule is CC[C@@H](C)NC(=O)c1cccc(N(C)S(C)(=O)=O)c1C. The van der Waals surface area contributed by atoms with Gasteiger partial charge in [-0.1, -0.05) is 13.0 Å². The van der Waals surface area contributed by atoms with Gasteiger partial charge in [-0.05, 0) is 38.0 Å². The van der Waals surface area contributed by atoms with Gasteiger partial charge in [0, 0.05) is 18.7 Å². The molecular weight excluding hydrogens is 276 g/mol. The van der Waals surface area contributed by atoms with Crippen molar-refractivity contribution < 1.29 is 13.2 Å². The van der Waals surface area contributed by atoms with Crippen LogP contribution in [0.25, 0.3) is 0 Å². The van der Waals surface area contributed by atoms with Crippen LogP contribution in [0.3, 0.4) is 0 Å². The van der Waals surface area contributed by atoms with Gasteiger partial charge in [0.1, 0.15) is 0 Å². The Morgan fingerprint density at radius 3 is 2.50 bits per heavy atom. The van der Waals surface area contributed by atoms with Crippen LogP contribution >= 0.6 is 0 Å². The summed E-state index contributed by atoms with van der Waals surface area (Å²) in [7, 11) is -1.87. The van der Waals surface area contributed by atoms with Crippen LogP contribution in [0, 0.1) is 6.92 Å². The third kappa shape index (κ3) is 3.72. The van der Waals surface area contributed by atoms with Gasteiger partial charge in [-0.25, -0.2) is 8.42 Å². The highest BCUT2D eigenvalue weighted by molar-refractivity contribution is 7.92. The number of benzene rings is 1. The van der Waals surface area contributed by atoms with Crippen LogP contribution in [0.2, 0.25) is 0 Å². The predicted molar refractivity (Wildman–Crippen MR) is 81.6 cm³/mol. The molecule has 5 nitrogen and oxygen atoms in total. The van der Waals surface area contributed by atoms with Crippen molar-refractivity contribution in [3.8, 4) is 0 Å². The third-order valence-corrected chi connectivity index (χ3v) is 4.57. The summed E-state index contributed by atoms with van der Waals surface area (Å²) < 4.78 is 24.4. The van der Waals surface area contributed by atoms with Gasteiger partial charge < -0.3 is 5.32 Å². The van der Waals surface area contributed by atoms with Gasteiger partial charge in [-0.15, -0.1) is 0 Å². The second kappa shape index (κ2) is 6.26. The molecule has 20 heavy (non-hydrogen) atoms. The normalized spacial score (nSPS) is 12.8. The Hall–Kier alpha value is -1.56. The maximum atomic E-state index is 12.2. The van der Waals surface area contributed by atoms with E-state index < -0.39 is 10.0 Å². The number of rotatable bonds is 5. The number of sulfonamides is 1. The van der Waals surface area contributed by atoms with E-state index >= 15 is 0 Å². The number of carbonyl (C=O) groups is 1. The highest BCUT2D eigenvalue weighted by Gasteiger charge is 2.18. The molecule has 0 radical (unpaired) electrons. The fraction of sp³-hybridized carbons (Fsp3) is 0.500. The van der Waals surface area contributed by atoms with Crippen molar-refractivity contribution >= 4 is 21.6 Å². The lowest BCUT2D eigenvalue weighted by Gasteiger charge is -2.21. The molecule has 1 aromatic carbocycles. The molecule has 0 aliphatic carbocycles. The molecule has 0 aliphatic rings. The van der Waals surface area contributed by atoms with Gasteiger partial charge in [-0.2, -0.15) is 0 Å². The summed E-state index contributed by atoms with van der Waals surface area (Å²) in [5, 5.41) is 2.88. The molecular formula is C14H22N2O3S. The molecule has 0 heterocycles. The molecule has 112 valence electrons. The fourth-order valence-electron chi connectivity index (χ4n) is 1.79. The first-order valence-electron chi connectivity index (χ1n) is 6.52. The van der Waals surface area contributed by atoms with Gasteiger partial charge in [0.15, 0.2) is 0 Å². The Morgan fingerprint density at radius 2 is 2.00 bits per heavy atom. The van der Waals surface area contributed by atoms with Gasteiger partial charge >= 0.3 is 0 Å². The average molecular weight is 298 g/mol. The monoisotopic (exact) mass is 298 g/mol. The molecule has 0 aliphatic heterocycles. The minimum absolute atomic E-state index is 0.0817. The molecule has 1 rings (SSSR count). The smallest absolute Gasteiger partial charge is 0.251 e. The summed E-state index contributed by atoms with van der Waals surface area (Å²) in [6, 6.07) is 5.16. The van der Waals surface area contributed by atoms with Crippen LogP contribution in [0.15, 0.2) is 18.2 Å².